The molecular formula is C14H9ClN4S. The van der Waals surface area contributed by atoms with Crippen LogP contribution in [0.2, 0.25) is 5.28 Å². The third-order valence-corrected chi connectivity index (χ3v) is 3.88. The fourth-order valence-electron chi connectivity index (χ4n) is 1.88. The third-order valence-electron chi connectivity index (χ3n) is 2.77. The van der Waals surface area contributed by atoms with Gasteiger partial charge in [0.2, 0.25) is 5.28 Å². The molecule has 0 fully saturated rings. The van der Waals surface area contributed by atoms with Crippen LogP contribution in [0.25, 0.3) is 10.2 Å². The zero-order valence-electron chi connectivity index (χ0n) is 10.5. The predicted octanol–water partition coefficient (Wildman–Crippen LogP) is 4.27. The first-order valence-corrected chi connectivity index (χ1v) is 7.06. The SMILES string of the molecule is Cc1cc2c(Nc3ccc(C#N)cc3)nc(Cl)nc2s1. The second-order valence-corrected chi connectivity index (χ2v) is 5.80. The number of aromatic nitrogens is 2. The van der Waals surface area contributed by atoms with Crippen LogP contribution in [0.15, 0.2) is 30.3 Å². The van der Waals surface area contributed by atoms with E-state index in [-0.39, 0.29) is 5.28 Å². The van der Waals surface area contributed by atoms with Gasteiger partial charge in [0.15, 0.2) is 0 Å². The first-order valence-electron chi connectivity index (χ1n) is 5.86. The van der Waals surface area contributed by atoms with Crippen molar-refractivity contribution in [1.82, 2.24) is 9.97 Å². The maximum atomic E-state index is 8.79. The van der Waals surface area contributed by atoms with E-state index in [1.807, 2.05) is 25.1 Å². The quantitative estimate of drug-likeness (QED) is 0.718. The molecule has 0 aliphatic carbocycles. The molecular weight excluding hydrogens is 292 g/mol. The van der Waals surface area contributed by atoms with Gasteiger partial charge in [0, 0.05) is 10.6 Å². The van der Waals surface area contributed by atoms with Crippen molar-refractivity contribution in [3.8, 4) is 6.07 Å². The Hall–Kier alpha value is -2.16. The number of nitrogens with zero attached hydrogens (tertiary/aromatic N) is 3. The van der Waals surface area contributed by atoms with Crippen LogP contribution in [-0.4, -0.2) is 9.97 Å². The van der Waals surface area contributed by atoms with Crippen molar-refractivity contribution in [1.29, 1.82) is 5.26 Å². The number of hydrogen-bond donors (Lipinski definition) is 1. The molecule has 0 aliphatic rings. The summed E-state index contributed by atoms with van der Waals surface area (Å²) in [5, 5.41) is 13.2. The summed E-state index contributed by atoms with van der Waals surface area (Å²) in [7, 11) is 0. The molecule has 20 heavy (non-hydrogen) atoms. The lowest BCUT2D eigenvalue weighted by Crippen LogP contribution is -1.95. The maximum absolute atomic E-state index is 8.79. The lowest BCUT2D eigenvalue weighted by Gasteiger charge is -2.06. The van der Waals surface area contributed by atoms with Gasteiger partial charge in [0.05, 0.1) is 17.0 Å². The monoisotopic (exact) mass is 300 g/mol. The zero-order chi connectivity index (χ0) is 14.1. The van der Waals surface area contributed by atoms with E-state index in [1.165, 1.54) is 0 Å². The number of fused-ring (bicyclic) bond motifs is 1. The topological polar surface area (TPSA) is 61.6 Å². The van der Waals surface area contributed by atoms with Crippen molar-refractivity contribution in [2.24, 2.45) is 0 Å². The van der Waals surface area contributed by atoms with Gasteiger partial charge in [-0.3, -0.25) is 0 Å². The Balaban J connectivity index is 2.03. The summed E-state index contributed by atoms with van der Waals surface area (Å²) in [6.45, 7) is 2.02. The molecule has 0 unspecified atom stereocenters. The van der Waals surface area contributed by atoms with Crippen LogP contribution < -0.4 is 5.32 Å². The van der Waals surface area contributed by atoms with Crippen LogP contribution in [0, 0.1) is 18.3 Å². The zero-order valence-corrected chi connectivity index (χ0v) is 12.1. The lowest BCUT2D eigenvalue weighted by atomic mass is 10.2. The van der Waals surface area contributed by atoms with E-state index in [4.69, 9.17) is 16.9 Å². The van der Waals surface area contributed by atoms with E-state index in [2.05, 4.69) is 21.4 Å². The minimum Gasteiger partial charge on any atom is -0.340 e. The molecule has 0 saturated heterocycles. The summed E-state index contributed by atoms with van der Waals surface area (Å²) in [5.74, 6) is 0.675. The first kappa shape index (κ1) is 12.9. The highest BCUT2D eigenvalue weighted by Crippen LogP contribution is 2.31. The first-order chi connectivity index (χ1) is 9.65. The van der Waals surface area contributed by atoms with E-state index in [0.29, 0.717) is 11.4 Å². The number of hydrogen-bond acceptors (Lipinski definition) is 5. The Kier molecular flexibility index (Phi) is 3.26. The maximum Gasteiger partial charge on any atom is 0.225 e. The second kappa shape index (κ2) is 5.08. The van der Waals surface area contributed by atoms with Gasteiger partial charge < -0.3 is 5.32 Å². The molecule has 0 saturated carbocycles. The number of rotatable bonds is 2. The Labute approximate surface area is 124 Å². The van der Waals surface area contributed by atoms with Crippen LogP contribution in [0.1, 0.15) is 10.4 Å². The Morgan fingerprint density at radius 2 is 2.00 bits per heavy atom. The number of nitrogens with one attached hydrogen (secondary N) is 1. The van der Waals surface area contributed by atoms with Crippen molar-refractivity contribution in [2.45, 2.75) is 6.92 Å². The van der Waals surface area contributed by atoms with Crippen molar-refractivity contribution in [3.05, 3.63) is 46.1 Å². The summed E-state index contributed by atoms with van der Waals surface area (Å²) in [6.07, 6.45) is 0. The second-order valence-electron chi connectivity index (χ2n) is 4.23. The molecule has 4 nitrogen and oxygen atoms in total. The van der Waals surface area contributed by atoms with Crippen LogP contribution in [-0.2, 0) is 0 Å². The molecule has 1 N–H and O–H groups in total. The standard InChI is InChI=1S/C14H9ClN4S/c1-8-6-11-12(18-14(15)19-13(11)20-8)17-10-4-2-9(7-16)3-5-10/h2-6H,1H3,(H,17,18,19). The van der Waals surface area contributed by atoms with Crippen LogP contribution in [0.4, 0.5) is 11.5 Å². The van der Waals surface area contributed by atoms with Crippen LogP contribution >= 0.6 is 22.9 Å². The van der Waals surface area contributed by atoms with E-state index < -0.39 is 0 Å². The highest BCUT2D eigenvalue weighted by Gasteiger charge is 2.09. The fraction of sp³-hybridized carbons (Fsp3) is 0.0714. The largest absolute Gasteiger partial charge is 0.340 e. The fourth-order valence-corrected chi connectivity index (χ4v) is 2.97. The van der Waals surface area contributed by atoms with Crippen molar-refractivity contribution >= 4 is 44.7 Å². The van der Waals surface area contributed by atoms with Gasteiger partial charge in [-0.1, -0.05) is 0 Å². The molecule has 2 heterocycles. The number of benzene rings is 1. The number of nitriles is 1. The molecule has 0 atom stereocenters. The summed E-state index contributed by atoms with van der Waals surface area (Å²) in [5.41, 5.74) is 1.47. The minimum absolute atomic E-state index is 0.218. The summed E-state index contributed by atoms with van der Waals surface area (Å²) >= 11 is 7.53. The Morgan fingerprint density at radius 3 is 2.70 bits per heavy atom. The van der Waals surface area contributed by atoms with Gasteiger partial charge in [0.25, 0.3) is 0 Å². The summed E-state index contributed by atoms with van der Waals surface area (Å²) in [4.78, 5) is 10.5. The Bertz CT molecular complexity index is 818. The van der Waals surface area contributed by atoms with Crippen LogP contribution in [0.5, 0.6) is 0 Å². The van der Waals surface area contributed by atoms with Crippen molar-refractivity contribution in [3.63, 3.8) is 0 Å². The van der Waals surface area contributed by atoms with Gasteiger partial charge in [-0.2, -0.15) is 10.2 Å². The number of aryl methyl sites for hydroxylation is 1. The van der Waals surface area contributed by atoms with E-state index in [1.54, 1.807) is 23.5 Å². The molecule has 0 amide bonds. The molecule has 6 heteroatoms. The van der Waals surface area contributed by atoms with Crippen LogP contribution in [0.3, 0.4) is 0 Å². The van der Waals surface area contributed by atoms with Crippen molar-refractivity contribution < 1.29 is 0 Å². The summed E-state index contributed by atoms with van der Waals surface area (Å²) < 4.78 is 0. The number of anilines is 2. The van der Waals surface area contributed by atoms with Gasteiger partial charge in [-0.15, -0.1) is 11.3 Å². The molecule has 0 radical (unpaired) electrons. The van der Waals surface area contributed by atoms with E-state index in [9.17, 15) is 0 Å². The molecule has 3 rings (SSSR count). The average molecular weight is 301 g/mol. The van der Waals surface area contributed by atoms with Gasteiger partial charge >= 0.3 is 0 Å². The predicted molar refractivity (Wildman–Crippen MR) is 81.6 cm³/mol. The van der Waals surface area contributed by atoms with E-state index >= 15 is 0 Å². The van der Waals surface area contributed by atoms with Gasteiger partial charge in [-0.25, -0.2) is 4.98 Å². The number of halogens is 1. The summed E-state index contributed by atoms with van der Waals surface area (Å²) in [6, 6.07) is 11.3. The molecule has 2 aromatic heterocycles. The van der Waals surface area contributed by atoms with Gasteiger partial charge in [-0.05, 0) is 48.9 Å². The molecule has 98 valence electrons. The average Bonchev–Trinajstić information content (AvgIpc) is 2.80. The lowest BCUT2D eigenvalue weighted by molar-refractivity contribution is 1.23. The molecule has 0 bridgehead atoms. The minimum atomic E-state index is 0.218. The highest BCUT2D eigenvalue weighted by molar-refractivity contribution is 7.18. The van der Waals surface area contributed by atoms with Crippen molar-refractivity contribution in [2.75, 3.05) is 5.32 Å². The Morgan fingerprint density at radius 1 is 1.25 bits per heavy atom. The molecule has 0 aliphatic heterocycles. The molecule has 1 aromatic carbocycles. The van der Waals surface area contributed by atoms with Gasteiger partial charge in [0.1, 0.15) is 10.6 Å². The van der Waals surface area contributed by atoms with E-state index in [0.717, 1.165) is 20.8 Å². The normalized spacial score (nSPS) is 10.4. The number of thiophene rings is 1. The molecule has 0 spiro atoms. The smallest absolute Gasteiger partial charge is 0.225 e. The highest BCUT2D eigenvalue weighted by atomic mass is 35.5. The third kappa shape index (κ3) is 2.44. The molecule has 3 aromatic rings.